The van der Waals surface area contributed by atoms with Gasteiger partial charge in [-0.15, -0.1) is 12.4 Å². The average molecular weight is 258 g/mol. The van der Waals surface area contributed by atoms with E-state index in [9.17, 15) is 4.79 Å². The Morgan fingerprint density at radius 1 is 1.35 bits per heavy atom. The first-order chi connectivity index (χ1) is 7.74. The number of methoxy groups -OCH3 is 2. The van der Waals surface area contributed by atoms with Crippen LogP contribution in [0.4, 0.5) is 0 Å². The number of carbonyl (C=O) groups is 1. The molecule has 1 heterocycles. The van der Waals surface area contributed by atoms with Gasteiger partial charge in [0.15, 0.2) is 0 Å². The van der Waals surface area contributed by atoms with Gasteiger partial charge in [0, 0.05) is 6.54 Å². The highest BCUT2D eigenvalue weighted by atomic mass is 35.5. The van der Waals surface area contributed by atoms with Gasteiger partial charge in [-0.25, -0.2) is 0 Å². The number of halogens is 1. The molecule has 1 aliphatic heterocycles. The standard InChI is InChI=1S/C12H15NO3.ClH/c1-15-10-4-3-8-7-13-11(12(14)16-2)6-9(8)5-10;/h3-5,11,13H,6-7H2,1-2H3;1H/t11-;/m1./s1. The molecule has 17 heavy (non-hydrogen) atoms. The largest absolute Gasteiger partial charge is 0.497 e. The SMILES string of the molecule is COC(=O)[C@H]1Cc2cc(OC)ccc2CN1.Cl. The van der Waals surface area contributed by atoms with Gasteiger partial charge in [0.05, 0.1) is 14.2 Å². The van der Waals surface area contributed by atoms with E-state index in [1.807, 2.05) is 18.2 Å². The minimum absolute atomic E-state index is 0. The molecular weight excluding hydrogens is 242 g/mol. The molecule has 0 aliphatic carbocycles. The van der Waals surface area contributed by atoms with Crippen LogP contribution in [-0.2, 0) is 22.5 Å². The maximum atomic E-state index is 11.4. The van der Waals surface area contributed by atoms with Crippen molar-refractivity contribution in [2.24, 2.45) is 0 Å². The molecule has 0 unspecified atom stereocenters. The molecule has 5 heteroatoms. The molecule has 0 aromatic heterocycles. The maximum Gasteiger partial charge on any atom is 0.323 e. The van der Waals surface area contributed by atoms with Gasteiger partial charge in [0.1, 0.15) is 11.8 Å². The molecule has 1 aliphatic rings. The molecule has 94 valence electrons. The molecule has 0 radical (unpaired) electrons. The Morgan fingerprint density at radius 2 is 2.12 bits per heavy atom. The number of carbonyl (C=O) groups excluding carboxylic acids is 1. The highest BCUT2D eigenvalue weighted by molar-refractivity contribution is 5.85. The molecule has 0 amide bonds. The average Bonchev–Trinajstić information content (AvgIpc) is 2.36. The van der Waals surface area contributed by atoms with E-state index in [1.165, 1.54) is 12.7 Å². The summed E-state index contributed by atoms with van der Waals surface area (Å²) in [6, 6.07) is 5.68. The number of hydrogen-bond acceptors (Lipinski definition) is 4. The highest BCUT2D eigenvalue weighted by Crippen LogP contribution is 2.22. The molecule has 0 fully saturated rings. The van der Waals surface area contributed by atoms with Crippen LogP contribution in [0, 0.1) is 0 Å². The van der Waals surface area contributed by atoms with Gasteiger partial charge in [-0.2, -0.15) is 0 Å². The summed E-state index contributed by atoms with van der Waals surface area (Å²) < 4.78 is 9.89. The van der Waals surface area contributed by atoms with E-state index in [1.54, 1.807) is 7.11 Å². The van der Waals surface area contributed by atoms with Crippen LogP contribution in [0.2, 0.25) is 0 Å². The van der Waals surface area contributed by atoms with Gasteiger partial charge >= 0.3 is 5.97 Å². The lowest BCUT2D eigenvalue weighted by atomic mass is 9.95. The monoisotopic (exact) mass is 257 g/mol. The molecule has 0 saturated heterocycles. The van der Waals surface area contributed by atoms with Crippen molar-refractivity contribution in [3.05, 3.63) is 29.3 Å². The van der Waals surface area contributed by atoms with Crippen LogP contribution in [0.15, 0.2) is 18.2 Å². The van der Waals surface area contributed by atoms with Crippen molar-refractivity contribution in [1.82, 2.24) is 5.32 Å². The number of ether oxygens (including phenoxy) is 2. The number of rotatable bonds is 2. The summed E-state index contributed by atoms with van der Waals surface area (Å²) in [6.07, 6.45) is 0.652. The molecule has 2 rings (SSSR count). The molecule has 0 bridgehead atoms. The molecule has 1 atom stereocenters. The molecular formula is C12H16ClNO3. The van der Waals surface area contributed by atoms with Gasteiger partial charge < -0.3 is 14.8 Å². The van der Waals surface area contributed by atoms with Crippen molar-refractivity contribution in [3.63, 3.8) is 0 Å². The van der Waals surface area contributed by atoms with Crippen molar-refractivity contribution >= 4 is 18.4 Å². The van der Waals surface area contributed by atoms with Gasteiger partial charge in [-0.3, -0.25) is 4.79 Å². The van der Waals surface area contributed by atoms with Gasteiger partial charge in [0.2, 0.25) is 0 Å². The Balaban J connectivity index is 0.00000144. The fourth-order valence-electron chi connectivity index (χ4n) is 1.93. The predicted octanol–water partition coefficient (Wildman–Crippen LogP) is 1.30. The Labute approximate surface area is 107 Å². The second kappa shape index (κ2) is 5.89. The third-order valence-corrected chi connectivity index (χ3v) is 2.86. The van der Waals surface area contributed by atoms with E-state index in [0.29, 0.717) is 13.0 Å². The van der Waals surface area contributed by atoms with Crippen LogP contribution in [0.25, 0.3) is 0 Å². The van der Waals surface area contributed by atoms with E-state index in [0.717, 1.165) is 11.3 Å². The Kier molecular flexibility index (Phi) is 4.78. The van der Waals surface area contributed by atoms with Crippen LogP contribution in [0.1, 0.15) is 11.1 Å². The maximum absolute atomic E-state index is 11.4. The van der Waals surface area contributed by atoms with Crippen LogP contribution in [0.3, 0.4) is 0 Å². The van der Waals surface area contributed by atoms with E-state index >= 15 is 0 Å². The molecule has 1 aromatic rings. The number of fused-ring (bicyclic) bond motifs is 1. The zero-order valence-corrected chi connectivity index (χ0v) is 10.7. The summed E-state index contributed by atoms with van der Waals surface area (Å²) in [4.78, 5) is 11.4. The summed E-state index contributed by atoms with van der Waals surface area (Å²) in [7, 11) is 3.05. The second-order valence-electron chi connectivity index (χ2n) is 3.80. The lowest BCUT2D eigenvalue weighted by Gasteiger charge is -2.24. The van der Waals surface area contributed by atoms with Crippen LogP contribution < -0.4 is 10.1 Å². The second-order valence-corrected chi connectivity index (χ2v) is 3.80. The number of hydrogen-bond donors (Lipinski definition) is 1. The predicted molar refractivity (Wildman–Crippen MR) is 66.6 cm³/mol. The lowest BCUT2D eigenvalue weighted by molar-refractivity contribution is -0.143. The number of esters is 1. The fraction of sp³-hybridized carbons (Fsp3) is 0.417. The lowest BCUT2D eigenvalue weighted by Crippen LogP contribution is -2.42. The van der Waals surface area contributed by atoms with Gasteiger partial charge in [0.25, 0.3) is 0 Å². The van der Waals surface area contributed by atoms with Crippen molar-refractivity contribution in [3.8, 4) is 5.75 Å². The van der Waals surface area contributed by atoms with Crippen molar-refractivity contribution in [2.75, 3.05) is 14.2 Å². The summed E-state index contributed by atoms with van der Waals surface area (Å²) in [6.45, 7) is 0.694. The third kappa shape index (κ3) is 2.90. The molecule has 4 nitrogen and oxygen atoms in total. The van der Waals surface area contributed by atoms with Crippen LogP contribution in [0.5, 0.6) is 5.75 Å². The molecule has 1 aromatic carbocycles. The van der Waals surface area contributed by atoms with Gasteiger partial charge in [-0.05, 0) is 29.7 Å². The Morgan fingerprint density at radius 3 is 2.76 bits per heavy atom. The van der Waals surface area contributed by atoms with Crippen molar-refractivity contribution in [1.29, 1.82) is 0 Å². The van der Waals surface area contributed by atoms with Crippen LogP contribution in [-0.4, -0.2) is 26.2 Å². The minimum Gasteiger partial charge on any atom is -0.497 e. The van der Waals surface area contributed by atoms with E-state index in [2.05, 4.69) is 5.32 Å². The van der Waals surface area contributed by atoms with Gasteiger partial charge in [-0.1, -0.05) is 6.07 Å². The van der Waals surface area contributed by atoms with E-state index < -0.39 is 0 Å². The third-order valence-electron chi connectivity index (χ3n) is 2.86. The zero-order chi connectivity index (χ0) is 11.5. The fourth-order valence-corrected chi connectivity index (χ4v) is 1.93. The Bertz CT molecular complexity index is 409. The first-order valence-electron chi connectivity index (χ1n) is 5.21. The Hall–Kier alpha value is -1.26. The zero-order valence-electron chi connectivity index (χ0n) is 9.86. The molecule has 1 N–H and O–H groups in total. The first kappa shape index (κ1) is 13.8. The number of nitrogens with one attached hydrogen (secondary N) is 1. The summed E-state index contributed by atoms with van der Waals surface area (Å²) in [5, 5.41) is 3.15. The summed E-state index contributed by atoms with van der Waals surface area (Å²) in [5.74, 6) is 0.609. The van der Waals surface area contributed by atoms with Crippen molar-refractivity contribution < 1.29 is 14.3 Å². The minimum atomic E-state index is -0.246. The molecule has 0 spiro atoms. The highest BCUT2D eigenvalue weighted by Gasteiger charge is 2.24. The van der Waals surface area contributed by atoms with Crippen LogP contribution >= 0.6 is 12.4 Å². The smallest absolute Gasteiger partial charge is 0.323 e. The summed E-state index contributed by atoms with van der Waals surface area (Å²) >= 11 is 0. The van der Waals surface area contributed by atoms with E-state index in [-0.39, 0.29) is 24.4 Å². The molecule has 0 saturated carbocycles. The van der Waals surface area contributed by atoms with Crippen molar-refractivity contribution in [2.45, 2.75) is 19.0 Å². The topological polar surface area (TPSA) is 47.6 Å². The number of benzene rings is 1. The summed E-state index contributed by atoms with van der Waals surface area (Å²) in [5.41, 5.74) is 2.36. The van der Waals surface area contributed by atoms with E-state index in [4.69, 9.17) is 9.47 Å². The normalized spacial score (nSPS) is 17.6. The quantitative estimate of drug-likeness (QED) is 0.812. The first-order valence-corrected chi connectivity index (χ1v) is 5.21.